The Bertz CT molecular complexity index is 365. The Morgan fingerprint density at radius 2 is 2.18 bits per heavy atom. The third-order valence-corrected chi connectivity index (χ3v) is 2.76. The molecule has 1 aromatic rings. The summed E-state index contributed by atoms with van der Waals surface area (Å²) in [7, 11) is 0. The quantitative estimate of drug-likeness (QED) is 0.873. The lowest BCUT2D eigenvalue weighted by atomic mass is 10.1. The summed E-state index contributed by atoms with van der Waals surface area (Å²) in [5.74, 6) is 0.916. The molecule has 0 radical (unpaired) electrons. The van der Waals surface area contributed by atoms with E-state index in [9.17, 15) is 0 Å². The van der Waals surface area contributed by atoms with E-state index in [2.05, 4.69) is 24.4 Å². The van der Waals surface area contributed by atoms with Gasteiger partial charge in [0.1, 0.15) is 5.75 Å². The minimum Gasteiger partial charge on any atom is -0.491 e. The Balaban J connectivity index is 2.09. The van der Waals surface area contributed by atoms with E-state index in [-0.39, 0.29) is 18.3 Å². The van der Waals surface area contributed by atoms with E-state index in [0.717, 1.165) is 18.8 Å². The molecular formula is C14H21NO2. The number of benzene rings is 1. The number of hydrogen-bond acceptors (Lipinski definition) is 3. The summed E-state index contributed by atoms with van der Waals surface area (Å²) in [4.78, 5) is 0. The van der Waals surface area contributed by atoms with Gasteiger partial charge in [0.05, 0.1) is 18.3 Å². The van der Waals surface area contributed by atoms with Gasteiger partial charge >= 0.3 is 0 Å². The molecule has 0 aromatic heterocycles. The first-order valence-corrected chi connectivity index (χ1v) is 6.28. The zero-order valence-corrected chi connectivity index (χ0v) is 10.8. The topological polar surface area (TPSA) is 30.5 Å². The number of hydrogen-bond donors (Lipinski definition) is 1. The van der Waals surface area contributed by atoms with Gasteiger partial charge in [-0.05, 0) is 38.5 Å². The van der Waals surface area contributed by atoms with Gasteiger partial charge in [-0.25, -0.2) is 0 Å². The van der Waals surface area contributed by atoms with Crippen LogP contribution in [-0.2, 0) is 4.74 Å². The molecule has 94 valence electrons. The summed E-state index contributed by atoms with van der Waals surface area (Å²) in [6.45, 7) is 7.96. The average molecular weight is 235 g/mol. The maximum absolute atomic E-state index is 5.91. The van der Waals surface area contributed by atoms with Gasteiger partial charge in [0.15, 0.2) is 0 Å². The smallest absolute Gasteiger partial charge is 0.120 e. The molecule has 1 N–H and O–H groups in total. The van der Waals surface area contributed by atoms with Crippen LogP contribution < -0.4 is 10.1 Å². The lowest BCUT2D eigenvalue weighted by Gasteiger charge is -2.29. The predicted octanol–water partition coefficient (Wildman–Crippen LogP) is 2.52. The average Bonchev–Trinajstić information content (AvgIpc) is 2.28. The first-order valence-electron chi connectivity index (χ1n) is 6.28. The van der Waals surface area contributed by atoms with E-state index in [1.165, 1.54) is 5.56 Å². The Morgan fingerprint density at radius 1 is 1.35 bits per heavy atom. The van der Waals surface area contributed by atoms with Crippen LogP contribution >= 0.6 is 0 Å². The van der Waals surface area contributed by atoms with Gasteiger partial charge in [0, 0.05) is 13.1 Å². The van der Waals surface area contributed by atoms with E-state index in [1.807, 2.05) is 26.0 Å². The fourth-order valence-corrected chi connectivity index (χ4v) is 2.05. The fourth-order valence-electron chi connectivity index (χ4n) is 2.05. The van der Waals surface area contributed by atoms with Crippen molar-refractivity contribution < 1.29 is 9.47 Å². The molecule has 0 aliphatic carbocycles. The van der Waals surface area contributed by atoms with E-state index in [1.54, 1.807) is 0 Å². The molecule has 2 atom stereocenters. The molecule has 0 saturated carbocycles. The minimum atomic E-state index is 0.134. The molecule has 3 nitrogen and oxygen atoms in total. The zero-order valence-electron chi connectivity index (χ0n) is 10.8. The molecule has 2 rings (SSSR count). The van der Waals surface area contributed by atoms with Crippen molar-refractivity contribution in [1.29, 1.82) is 0 Å². The van der Waals surface area contributed by atoms with Crippen molar-refractivity contribution in [1.82, 2.24) is 5.32 Å². The first-order chi connectivity index (χ1) is 8.15. The van der Waals surface area contributed by atoms with Gasteiger partial charge in [-0.1, -0.05) is 12.1 Å². The van der Waals surface area contributed by atoms with Gasteiger partial charge in [-0.15, -0.1) is 0 Å². The zero-order chi connectivity index (χ0) is 12.3. The third-order valence-electron chi connectivity index (χ3n) is 2.76. The largest absolute Gasteiger partial charge is 0.491 e. The molecule has 0 amide bonds. The molecule has 1 saturated heterocycles. The van der Waals surface area contributed by atoms with E-state index < -0.39 is 0 Å². The second-order valence-corrected chi connectivity index (χ2v) is 4.83. The molecule has 0 bridgehead atoms. The van der Waals surface area contributed by atoms with Gasteiger partial charge in [0.25, 0.3) is 0 Å². The van der Waals surface area contributed by atoms with Crippen molar-refractivity contribution >= 4 is 0 Å². The molecule has 0 spiro atoms. The van der Waals surface area contributed by atoms with Gasteiger partial charge < -0.3 is 14.8 Å². The second kappa shape index (κ2) is 5.52. The highest BCUT2D eigenvalue weighted by atomic mass is 16.5. The number of morpholine rings is 1. The molecule has 1 heterocycles. The van der Waals surface area contributed by atoms with Crippen molar-refractivity contribution in [2.75, 3.05) is 13.1 Å². The minimum absolute atomic E-state index is 0.134. The highest BCUT2D eigenvalue weighted by Crippen LogP contribution is 2.25. The van der Waals surface area contributed by atoms with Crippen LogP contribution in [0.4, 0.5) is 0 Å². The van der Waals surface area contributed by atoms with Crippen LogP contribution in [0.3, 0.4) is 0 Å². The van der Waals surface area contributed by atoms with Crippen LogP contribution in [-0.4, -0.2) is 25.3 Å². The van der Waals surface area contributed by atoms with E-state index in [0.29, 0.717) is 0 Å². The van der Waals surface area contributed by atoms with Crippen molar-refractivity contribution in [3.63, 3.8) is 0 Å². The van der Waals surface area contributed by atoms with Crippen LogP contribution in [0.25, 0.3) is 0 Å². The second-order valence-electron chi connectivity index (χ2n) is 4.83. The summed E-state index contributed by atoms with van der Waals surface area (Å²) in [5, 5.41) is 3.38. The standard InChI is InChI=1S/C14H21NO2/c1-10(2)16-13-6-4-5-12(7-13)14-9-15-8-11(3)17-14/h4-7,10-11,14-15H,8-9H2,1-3H3. The predicted molar refractivity (Wildman–Crippen MR) is 68.4 cm³/mol. The summed E-state index contributed by atoms with van der Waals surface area (Å²) in [6.07, 6.45) is 0.604. The third kappa shape index (κ3) is 3.45. The highest BCUT2D eigenvalue weighted by molar-refractivity contribution is 5.30. The Labute approximate surface area is 103 Å². The monoisotopic (exact) mass is 235 g/mol. The lowest BCUT2D eigenvalue weighted by molar-refractivity contribution is -0.0288. The molecule has 1 aliphatic rings. The van der Waals surface area contributed by atoms with Crippen molar-refractivity contribution in [3.05, 3.63) is 29.8 Å². The normalized spacial score (nSPS) is 24.9. The van der Waals surface area contributed by atoms with Crippen LogP contribution in [0, 0.1) is 0 Å². The number of ether oxygens (including phenoxy) is 2. The fraction of sp³-hybridized carbons (Fsp3) is 0.571. The summed E-state index contributed by atoms with van der Waals surface area (Å²) in [6, 6.07) is 8.18. The molecule has 1 fully saturated rings. The van der Waals surface area contributed by atoms with Crippen molar-refractivity contribution in [2.24, 2.45) is 0 Å². The number of rotatable bonds is 3. The Hall–Kier alpha value is -1.06. The van der Waals surface area contributed by atoms with Crippen LogP contribution in [0.1, 0.15) is 32.4 Å². The Kier molecular flexibility index (Phi) is 4.02. The van der Waals surface area contributed by atoms with E-state index in [4.69, 9.17) is 9.47 Å². The molecule has 1 aromatic carbocycles. The van der Waals surface area contributed by atoms with Crippen LogP contribution in [0.5, 0.6) is 5.75 Å². The maximum atomic E-state index is 5.91. The molecule has 1 aliphatic heterocycles. The van der Waals surface area contributed by atoms with E-state index >= 15 is 0 Å². The van der Waals surface area contributed by atoms with Gasteiger partial charge in [0.2, 0.25) is 0 Å². The van der Waals surface area contributed by atoms with Gasteiger partial charge in [-0.2, -0.15) is 0 Å². The Morgan fingerprint density at radius 3 is 2.88 bits per heavy atom. The first kappa shape index (κ1) is 12.4. The van der Waals surface area contributed by atoms with Gasteiger partial charge in [-0.3, -0.25) is 0 Å². The molecular weight excluding hydrogens is 214 g/mol. The van der Waals surface area contributed by atoms with Crippen molar-refractivity contribution in [2.45, 2.75) is 39.1 Å². The summed E-state index contributed by atoms with van der Waals surface area (Å²) >= 11 is 0. The molecule has 3 heteroatoms. The summed E-state index contributed by atoms with van der Waals surface area (Å²) < 4.78 is 11.6. The van der Waals surface area contributed by atoms with Crippen molar-refractivity contribution in [3.8, 4) is 5.75 Å². The van der Waals surface area contributed by atoms with Crippen LogP contribution in [0.2, 0.25) is 0 Å². The highest BCUT2D eigenvalue weighted by Gasteiger charge is 2.20. The lowest BCUT2D eigenvalue weighted by Crippen LogP contribution is -2.38. The molecule has 17 heavy (non-hydrogen) atoms. The molecule has 2 unspecified atom stereocenters. The summed E-state index contributed by atoms with van der Waals surface area (Å²) in [5.41, 5.74) is 1.18. The van der Waals surface area contributed by atoms with Crippen LogP contribution in [0.15, 0.2) is 24.3 Å². The SMILES string of the molecule is CC(C)Oc1cccc(C2CNCC(C)O2)c1. The maximum Gasteiger partial charge on any atom is 0.120 e. The number of nitrogens with one attached hydrogen (secondary N) is 1.